The summed E-state index contributed by atoms with van der Waals surface area (Å²) in [5.41, 5.74) is 1.67. The second kappa shape index (κ2) is 9.81. The minimum Gasteiger partial charge on any atom is -0.476 e. The molecular weight excluding hydrogens is 472 g/mol. The highest BCUT2D eigenvalue weighted by Crippen LogP contribution is 2.38. The Bertz CT molecular complexity index is 1390. The summed E-state index contributed by atoms with van der Waals surface area (Å²) in [7, 11) is 4.12. The number of hydrogen-bond donors (Lipinski definition) is 1. The molecule has 2 aliphatic rings. The van der Waals surface area contributed by atoms with Crippen molar-refractivity contribution in [3.05, 3.63) is 53.7 Å². The van der Waals surface area contributed by atoms with Gasteiger partial charge in [0.1, 0.15) is 16.4 Å². The zero-order valence-electron chi connectivity index (χ0n) is 20.7. The summed E-state index contributed by atoms with van der Waals surface area (Å²) in [6, 6.07) is 15.5. The van der Waals surface area contributed by atoms with Crippen LogP contribution in [0.1, 0.15) is 19.3 Å². The van der Waals surface area contributed by atoms with Gasteiger partial charge in [-0.1, -0.05) is 54.1 Å². The van der Waals surface area contributed by atoms with Gasteiger partial charge < -0.3 is 19.9 Å². The molecule has 0 saturated carbocycles. The third kappa shape index (κ3) is 4.47. The first kappa shape index (κ1) is 23.4. The van der Waals surface area contributed by atoms with Crippen LogP contribution in [-0.2, 0) is 0 Å². The molecule has 0 aliphatic carbocycles. The van der Waals surface area contributed by atoms with Crippen LogP contribution in [0.3, 0.4) is 0 Å². The molecular formula is C28H31ClN6O. The summed E-state index contributed by atoms with van der Waals surface area (Å²) in [5.74, 6) is 1.96. The molecule has 36 heavy (non-hydrogen) atoms. The molecule has 7 nitrogen and oxygen atoms in total. The third-order valence-electron chi connectivity index (χ3n) is 7.17. The highest BCUT2D eigenvalue weighted by molar-refractivity contribution is 6.36. The number of hydrogen-bond acceptors (Lipinski definition) is 7. The van der Waals surface area contributed by atoms with E-state index in [-0.39, 0.29) is 0 Å². The quantitative estimate of drug-likeness (QED) is 0.365. The van der Waals surface area contributed by atoms with Crippen molar-refractivity contribution in [2.75, 3.05) is 45.2 Å². The largest absolute Gasteiger partial charge is 0.476 e. The zero-order chi connectivity index (χ0) is 24.6. The maximum Gasteiger partial charge on any atom is 0.236 e. The number of piperazine rings is 1. The van der Waals surface area contributed by atoms with Crippen LogP contribution >= 0.6 is 11.6 Å². The fourth-order valence-electron chi connectivity index (χ4n) is 5.43. The number of nitrogens with one attached hydrogen (secondary N) is 1. The maximum atomic E-state index is 6.92. The smallest absolute Gasteiger partial charge is 0.236 e. The molecule has 2 unspecified atom stereocenters. The molecule has 2 fully saturated rings. The monoisotopic (exact) mass is 502 g/mol. The minimum absolute atomic E-state index is 0.445. The number of rotatable bonds is 7. The Morgan fingerprint density at radius 1 is 1.03 bits per heavy atom. The van der Waals surface area contributed by atoms with Crippen molar-refractivity contribution in [2.45, 2.75) is 31.3 Å². The lowest BCUT2D eigenvalue weighted by molar-refractivity contribution is 0.273. The van der Waals surface area contributed by atoms with E-state index in [9.17, 15) is 0 Å². The average molecular weight is 503 g/mol. The summed E-state index contributed by atoms with van der Waals surface area (Å²) < 4.78 is 6.14. The molecule has 6 rings (SSSR count). The summed E-state index contributed by atoms with van der Waals surface area (Å²) in [6.45, 7) is 3.30. The second-order valence-corrected chi connectivity index (χ2v) is 10.5. The van der Waals surface area contributed by atoms with Crippen LogP contribution in [0, 0.1) is 0 Å². The number of aromatic nitrogens is 3. The summed E-state index contributed by atoms with van der Waals surface area (Å²) in [5, 5.41) is 7.28. The van der Waals surface area contributed by atoms with E-state index in [4.69, 9.17) is 31.3 Å². The van der Waals surface area contributed by atoms with Gasteiger partial charge in [0, 0.05) is 43.5 Å². The number of anilines is 1. The van der Waals surface area contributed by atoms with Crippen LogP contribution in [0.15, 0.2) is 48.7 Å². The second-order valence-electron chi connectivity index (χ2n) is 10.1. The number of pyridine rings is 1. The van der Waals surface area contributed by atoms with Crippen LogP contribution in [0.2, 0.25) is 5.02 Å². The van der Waals surface area contributed by atoms with E-state index in [1.807, 2.05) is 24.4 Å². The molecule has 2 bridgehead atoms. The highest BCUT2D eigenvalue weighted by Gasteiger charge is 2.34. The van der Waals surface area contributed by atoms with E-state index < -0.39 is 0 Å². The van der Waals surface area contributed by atoms with Crippen LogP contribution in [-0.4, -0.2) is 72.3 Å². The van der Waals surface area contributed by atoms with Gasteiger partial charge in [0.05, 0.1) is 12.0 Å². The van der Waals surface area contributed by atoms with E-state index in [2.05, 4.69) is 53.5 Å². The van der Waals surface area contributed by atoms with Gasteiger partial charge in [-0.3, -0.25) is 0 Å². The van der Waals surface area contributed by atoms with Crippen molar-refractivity contribution >= 4 is 39.1 Å². The molecule has 4 heterocycles. The fourth-order valence-corrected chi connectivity index (χ4v) is 5.67. The Balaban J connectivity index is 1.45. The van der Waals surface area contributed by atoms with Crippen molar-refractivity contribution in [1.82, 2.24) is 25.2 Å². The molecule has 1 N–H and O–H groups in total. The Labute approximate surface area is 216 Å². The topological polar surface area (TPSA) is 66.4 Å². The fraction of sp³-hybridized carbons (Fsp3) is 0.393. The number of fused-ring (bicyclic) bond motifs is 4. The number of benzene rings is 2. The van der Waals surface area contributed by atoms with Gasteiger partial charge in [-0.15, -0.1) is 0 Å². The first-order valence-corrected chi connectivity index (χ1v) is 13.1. The van der Waals surface area contributed by atoms with E-state index in [1.165, 1.54) is 12.8 Å². The van der Waals surface area contributed by atoms with E-state index in [1.54, 1.807) is 0 Å². The lowest BCUT2D eigenvalue weighted by Crippen LogP contribution is -2.51. The van der Waals surface area contributed by atoms with Crippen LogP contribution in [0.4, 0.5) is 5.82 Å². The van der Waals surface area contributed by atoms with Gasteiger partial charge in [0.2, 0.25) is 5.88 Å². The van der Waals surface area contributed by atoms with Crippen molar-refractivity contribution in [3.8, 4) is 17.3 Å². The van der Waals surface area contributed by atoms with Crippen molar-refractivity contribution in [2.24, 2.45) is 0 Å². The molecule has 8 heteroatoms. The lowest BCUT2D eigenvalue weighted by Gasteiger charge is -2.34. The molecule has 2 aliphatic heterocycles. The van der Waals surface area contributed by atoms with Gasteiger partial charge in [-0.25, -0.2) is 9.97 Å². The predicted molar refractivity (Wildman–Crippen MR) is 146 cm³/mol. The standard InChI is InChI=1S/C28H31ClN6O/c1-34(2)13-6-14-36-28-24(29)25-23(27(33-28)35-16-19-11-12-20(17-35)31-19)15-30-26(32-25)22-10-5-8-18-7-3-4-9-21(18)22/h3-5,7-10,15,19-20,31H,6,11-14,16-17H2,1-2H3. The average Bonchev–Trinajstić information content (AvgIpc) is 3.24. The van der Waals surface area contributed by atoms with Crippen molar-refractivity contribution in [1.29, 1.82) is 0 Å². The molecule has 4 aromatic rings. The van der Waals surface area contributed by atoms with Gasteiger partial charge in [0.15, 0.2) is 5.82 Å². The number of nitrogens with zero attached hydrogens (tertiary/aromatic N) is 5. The summed E-state index contributed by atoms with van der Waals surface area (Å²) in [6.07, 6.45) is 5.17. The van der Waals surface area contributed by atoms with Crippen molar-refractivity contribution < 1.29 is 4.74 Å². The van der Waals surface area contributed by atoms with E-state index >= 15 is 0 Å². The zero-order valence-corrected chi connectivity index (χ0v) is 21.5. The first-order chi connectivity index (χ1) is 17.6. The normalized spacial score (nSPS) is 19.5. The molecule has 186 valence electrons. The Morgan fingerprint density at radius 3 is 2.61 bits per heavy atom. The summed E-state index contributed by atoms with van der Waals surface area (Å²) in [4.78, 5) is 19.2. The minimum atomic E-state index is 0.445. The van der Waals surface area contributed by atoms with Gasteiger partial charge in [-0.05, 0) is 44.1 Å². The van der Waals surface area contributed by atoms with Crippen LogP contribution in [0.25, 0.3) is 33.1 Å². The molecule has 0 spiro atoms. The SMILES string of the molecule is CN(C)CCCOc1nc(N2CC3CCC(C2)N3)c2cnc(-c3cccc4ccccc34)nc2c1Cl. The lowest BCUT2D eigenvalue weighted by atomic mass is 10.0. The first-order valence-electron chi connectivity index (χ1n) is 12.7. The molecule has 0 amide bonds. The van der Waals surface area contributed by atoms with E-state index in [0.717, 1.165) is 53.6 Å². The Kier molecular flexibility index (Phi) is 6.37. The Hall–Kier alpha value is -3.00. The Morgan fingerprint density at radius 2 is 1.81 bits per heavy atom. The van der Waals surface area contributed by atoms with Gasteiger partial charge in [-0.2, -0.15) is 4.98 Å². The molecule has 2 aromatic carbocycles. The van der Waals surface area contributed by atoms with Gasteiger partial charge in [0.25, 0.3) is 0 Å². The van der Waals surface area contributed by atoms with Crippen LogP contribution in [0.5, 0.6) is 5.88 Å². The third-order valence-corrected chi connectivity index (χ3v) is 7.51. The molecule has 2 atom stereocenters. The summed E-state index contributed by atoms with van der Waals surface area (Å²) >= 11 is 6.92. The van der Waals surface area contributed by atoms with E-state index in [0.29, 0.717) is 40.9 Å². The highest BCUT2D eigenvalue weighted by atomic mass is 35.5. The van der Waals surface area contributed by atoms with Gasteiger partial charge >= 0.3 is 0 Å². The maximum absolute atomic E-state index is 6.92. The molecule has 2 aromatic heterocycles. The van der Waals surface area contributed by atoms with Crippen molar-refractivity contribution in [3.63, 3.8) is 0 Å². The number of ether oxygens (including phenoxy) is 1. The predicted octanol–water partition coefficient (Wildman–Crippen LogP) is 4.77. The molecule has 0 radical (unpaired) electrons. The number of halogens is 1. The van der Waals surface area contributed by atoms with Crippen LogP contribution < -0.4 is 15.0 Å². The molecule has 2 saturated heterocycles.